The van der Waals surface area contributed by atoms with Crippen molar-refractivity contribution in [2.24, 2.45) is 5.92 Å². The van der Waals surface area contributed by atoms with Crippen molar-refractivity contribution in [3.8, 4) is 0 Å². The summed E-state index contributed by atoms with van der Waals surface area (Å²) in [4.78, 5) is 27.5. The molecule has 1 heterocycles. The average molecular weight is 459 g/mol. The number of likely N-dealkylation sites (tertiary alicyclic amines) is 1. The predicted octanol–water partition coefficient (Wildman–Crippen LogP) is 5.38. The maximum Gasteiger partial charge on any atom is 0.235 e. The molecule has 0 bridgehead atoms. The van der Waals surface area contributed by atoms with Crippen molar-refractivity contribution in [1.29, 1.82) is 0 Å². The third-order valence-corrected chi connectivity index (χ3v) is 7.18. The molecular weight excluding hydrogens is 431 g/mol. The van der Waals surface area contributed by atoms with Crippen LogP contribution in [0.3, 0.4) is 0 Å². The van der Waals surface area contributed by atoms with Gasteiger partial charge in [0.25, 0.3) is 0 Å². The Labute approximate surface area is 193 Å². The van der Waals surface area contributed by atoms with Gasteiger partial charge in [-0.05, 0) is 48.1 Å². The summed E-state index contributed by atoms with van der Waals surface area (Å²) in [6.07, 6.45) is 7.00. The summed E-state index contributed by atoms with van der Waals surface area (Å²) in [5.74, 6) is -0.707. The molecular formula is C25H28Cl2N2O2. The van der Waals surface area contributed by atoms with E-state index in [1.54, 1.807) is 0 Å². The molecule has 1 aliphatic carbocycles. The highest BCUT2D eigenvalue weighted by molar-refractivity contribution is 6.36. The summed E-state index contributed by atoms with van der Waals surface area (Å²) < 4.78 is 0. The smallest absolute Gasteiger partial charge is 0.235 e. The van der Waals surface area contributed by atoms with Gasteiger partial charge in [-0.1, -0.05) is 72.8 Å². The average Bonchev–Trinajstić information content (AvgIpc) is 3.17. The van der Waals surface area contributed by atoms with Crippen molar-refractivity contribution < 1.29 is 9.59 Å². The number of amides is 2. The minimum Gasteiger partial charge on any atom is -0.351 e. The zero-order valence-corrected chi connectivity index (χ0v) is 19.1. The van der Waals surface area contributed by atoms with Crippen LogP contribution in [0.5, 0.6) is 0 Å². The van der Waals surface area contributed by atoms with E-state index in [2.05, 4.69) is 5.32 Å². The summed E-state index contributed by atoms with van der Waals surface area (Å²) in [7, 11) is 0. The van der Waals surface area contributed by atoms with Crippen molar-refractivity contribution >= 4 is 35.0 Å². The topological polar surface area (TPSA) is 49.4 Å². The molecule has 0 radical (unpaired) electrons. The monoisotopic (exact) mass is 458 g/mol. The van der Waals surface area contributed by atoms with E-state index in [0.29, 0.717) is 42.0 Å². The molecule has 1 N–H and O–H groups in total. The minimum absolute atomic E-state index is 0.00603. The number of halogens is 2. The largest absolute Gasteiger partial charge is 0.351 e. The van der Waals surface area contributed by atoms with E-state index in [9.17, 15) is 9.59 Å². The Morgan fingerprint density at radius 1 is 0.968 bits per heavy atom. The number of carbonyl (C=O) groups excluding carboxylic acids is 2. The second-order valence-corrected chi connectivity index (χ2v) is 9.39. The lowest BCUT2D eigenvalue weighted by Crippen LogP contribution is -2.41. The second-order valence-electron chi connectivity index (χ2n) is 8.58. The van der Waals surface area contributed by atoms with Crippen LogP contribution in [-0.2, 0) is 22.6 Å². The molecule has 2 aromatic rings. The Hall–Kier alpha value is -2.04. The number of nitrogens with zero attached hydrogens (tertiary/aromatic N) is 1. The van der Waals surface area contributed by atoms with Crippen molar-refractivity contribution in [1.82, 2.24) is 10.2 Å². The minimum atomic E-state index is -0.549. The first-order valence-electron chi connectivity index (χ1n) is 11.1. The fourth-order valence-corrected chi connectivity index (χ4v) is 5.30. The third kappa shape index (κ3) is 5.24. The summed E-state index contributed by atoms with van der Waals surface area (Å²) >= 11 is 12.6. The van der Waals surface area contributed by atoms with E-state index in [1.807, 2.05) is 47.4 Å². The van der Waals surface area contributed by atoms with Crippen LogP contribution >= 0.6 is 23.2 Å². The first kappa shape index (κ1) is 22.2. The lowest BCUT2D eigenvalue weighted by Gasteiger charge is -2.31. The van der Waals surface area contributed by atoms with Gasteiger partial charge in [0.15, 0.2) is 0 Å². The van der Waals surface area contributed by atoms with E-state index in [4.69, 9.17) is 23.2 Å². The molecule has 1 aliphatic heterocycles. The molecule has 31 heavy (non-hydrogen) atoms. The zero-order valence-electron chi connectivity index (χ0n) is 17.6. The summed E-state index contributed by atoms with van der Waals surface area (Å²) in [5, 5.41) is 4.26. The molecule has 2 fully saturated rings. The molecule has 4 rings (SSSR count). The first-order chi connectivity index (χ1) is 15.0. The molecule has 1 unspecified atom stereocenters. The van der Waals surface area contributed by atoms with Gasteiger partial charge >= 0.3 is 0 Å². The molecule has 0 aromatic heterocycles. The van der Waals surface area contributed by atoms with Crippen molar-refractivity contribution in [2.45, 2.75) is 57.5 Å². The van der Waals surface area contributed by atoms with Crippen LogP contribution < -0.4 is 5.32 Å². The molecule has 1 saturated heterocycles. The Bertz CT molecular complexity index is 936. The van der Waals surface area contributed by atoms with Gasteiger partial charge in [-0.15, -0.1) is 0 Å². The van der Waals surface area contributed by atoms with Gasteiger partial charge in [0.1, 0.15) is 5.92 Å². The van der Waals surface area contributed by atoms with Crippen LogP contribution in [0.4, 0.5) is 0 Å². The summed E-state index contributed by atoms with van der Waals surface area (Å²) in [6.45, 7) is 1.10. The Morgan fingerprint density at radius 3 is 2.39 bits per heavy atom. The molecule has 1 atom stereocenters. The van der Waals surface area contributed by atoms with Gasteiger partial charge in [-0.2, -0.15) is 0 Å². The normalized spacial score (nSPS) is 19.6. The van der Waals surface area contributed by atoms with Crippen LogP contribution in [0, 0.1) is 5.92 Å². The number of hydrogen-bond acceptors (Lipinski definition) is 2. The Balaban J connectivity index is 1.34. The lowest BCUT2D eigenvalue weighted by atomic mass is 9.94. The molecule has 0 spiro atoms. The molecule has 164 valence electrons. The summed E-state index contributed by atoms with van der Waals surface area (Å²) in [5.41, 5.74) is 2.96. The van der Waals surface area contributed by atoms with Gasteiger partial charge < -0.3 is 10.2 Å². The van der Waals surface area contributed by atoms with Crippen LogP contribution in [0.15, 0.2) is 42.5 Å². The summed E-state index contributed by atoms with van der Waals surface area (Å²) in [6, 6.07) is 13.8. The highest BCUT2D eigenvalue weighted by atomic mass is 35.5. The van der Waals surface area contributed by atoms with Gasteiger partial charge in [-0.3, -0.25) is 9.59 Å². The molecule has 2 aliphatic rings. The van der Waals surface area contributed by atoms with Crippen molar-refractivity contribution in [2.75, 3.05) is 6.54 Å². The highest BCUT2D eigenvalue weighted by Gasteiger charge is 2.39. The van der Waals surface area contributed by atoms with Gasteiger partial charge in [0.2, 0.25) is 11.8 Å². The highest BCUT2D eigenvalue weighted by Crippen LogP contribution is 2.29. The number of carbonyl (C=O) groups is 2. The fourth-order valence-electron chi connectivity index (χ4n) is 4.77. The molecule has 2 amide bonds. The standard InChI is InChI=1S/C25H28Cl2N2O2/c26-22-10-5-11-23(27)21(22)15-17-6-4-7-18(14-17)16-28-24(30)20-12-13-29(25(20)31)19-8-2-1-3-9-19/h4-7,10-11,14,19-20H,1-3,8-9,12-13,15-16H2,(H,28,30). The number of rotatable bonds is 6. The number of nitrogens with one attached hydrogen (secondary N) is 1. The van der Waals surface area contributed by atoms with Crippen LogP contribution in [-0.4, -0.2) is 29.3 Å². The third-order valence-electron chi connectivity index (χ3n) is 6.47. The molecule has 1 saturated carbocycles. The number of benzene rings is 2. The van der Waals surface area contributed by atoms with E-state index >= 15 is 0 Å². The maximum absolute atomic E-state index is 12.8. The number of hydrogen-bond donors (Lipinski definition) is 1. The SMILES string of the molecule is O=C(NCc1cccc(Cc2c(Cl)cccc2Cl)c1)C1CCN(C2CCCCC2)C1=O. The lowest BCUT2D eigenvalue weighted by molar-refractivity contribution is -0.139. The quantitative estimate of drug-likeness (QED) is 0.590. The fraction of sp³-hybridized carbons (Fsp3) is 0.440. The van der Waals surface area contributed by atoms with Crippen molar-refractivity contribution in [3.05, 3.63) is 69.2 Å². The predicted molar refractivity (Wildman–Crippen MR) is 124 cm³/mol. The molecule has 2 aromatic carbocycles. The molecule has 6 heteroatoms. The van der Waals surface area contributed by atoms with E-state index < -0.39 is 5.92 Å². The zero-order chi connectivity index (χ0) is 21.8. The first-order valence-corrected chi connectivity index (χ1v) is 11.9. The van der Waals surface area contributed by atoms with Crippen molar-refractivity contribution in [3.63, 3.8) is 0 Å². The second kappa shape index (κ2) is 10.1. The van der Waals surface area contributed by atoms with Gasteiger partial charge in [-0.25, -0.2) is 0 Å². The van der Waals surface area contributed by atoms with Crippen LogP contribution in [0.25, 0.3) is 0 Å². The Kier molecular flexibility index (Phi) is 7.19. The maximum atomic E-state index is 12.8. The van der Waals surface area contributed by atoms with Crippen LogP contribution in [0.2, 0.25) is 10.0 Å². The Morgan fingerprint density at radius 2 is 1.65 bits per heavy atom. The van der Waals surface area contributed by atoms with Gasteiger partial charge in [0, 0.05) is 35.6 Å². The molecule has 4 nitrogen and oxygen atoms in total. The van der Waals surface area contributed by atoms with E-state index in [1.165, 1.54) is 19.3 Å². The van der Waals surface area contributed by atoms with Gasteiger partial charge in [0.05, 0.1) is 0 Å². The van der Waals surface area contributed by atoms with Crippen LogP contribution in [0.1, 0.15) is 55.2 Å². The van der Waals surface area contributed by atoms with E-state index in [-0.39, 0.29) is 11.8 Å². The van der Waals surface area contributed by atoms with E-state index in [0.717, 1.165) is 29.5 Å².